The van der Waals surface area contributed by atoms with Gasteiger partial charge in [0, 0.05) is 50.9 Å². The molecule has 7 nitrogen and oxygen atoms in total. The van der Waals surface area contributed by atoms with Gasteiger partial charge in [0.25, 0.3) is 0 Å². The van der Waals surface area contributed by atoms with E-state index in [1.165, 1.54) is 0 Å². The summed E-state index contributed by atoms with van der Waals surface area (Å²) in [6.07, 6.45) is 1.50. The number of hydrogen-bond acceptors (Lipinski definition) is 6. The van der Waals surface area contributed by atoms with E-state index in [0.29, 0.717) is 37.8 Å². The van der Waals surface area contributed by atoms with Crippen LogP contribution >= 0.6 is 15.9 Å². The number of piperazine rings is 1. The van der Waals surface area contributed by atoms with Crippen molar-refractivity contribution >= 4 is 22.0 Å². The maximum absolute atomic E-state index is 12.1. The third-order valence-corrected chi connectivity index (χ3v) is 5.28. The third-order valence-electron chi connectivity index (χ3n) is 4.55. The molecular weight excluding hydrogens is 416 g/mol. The topological polar surface area (TPSA) is 60.5 Å². The molecule has 1 aliphatic rings. The molecule has 1 fully saturated rings. The van der Waals surface area contributed by atoms with Crippen LogP contribution in [0.1, 0.15) is 18.4 Å². The minimum atomic E-state index is -0.223. The summed E-state index contributed by atoms with van der Waals surface area (Å²) >= 11 is 3.60. The van der Waals surface area contributed by atoms with E-state index in [9.17, 15) is 4.79 Å². The largest absolute Gasteiger partial charge is 0.493 e. The standard InChI is InChI=1S/C19H29BrN2O5/c1-24-10-4-5-11-27-19(23)22-8-6-21(7-9-22)14-15-12-17(25-2)18(26-3)13-16(15)20/h12-13H,4-11,14H2,1-3H3. The van der Waals surface area contributed by atoms with Gasteiger partial charge in [0.1, 0.15) is 0 Å². The number of unbranched alkanes of at least 4 members (excludes halogenated alkanes) is 1. The van der Waals surface area contributed by atoms with Gasteiger partial charge in [-0.1, -0.05) is 15.9 Å². The number of rotatable bonds is 9. The van der Waals surface area contributed by atoms with E-state index in [2.05, 4.69) is 20.8 Å². The zero-order chi connectivity index (χ0) is 19.6. The quantitative estimate of drug-likeness (QED) is 0.545. The van der Waals surface area contributed by atoms with Crippen molar-refractivity contribution < 1.29 is 23.7 Å². The molecule has 8 heteroatoms. The van der Waals surface area contributed by atoms with Gasteiger partial charge in [-0.15, -0.1) is 0 Å². The predicted octanol–water partition coefficient (Wildman–Crippen LogP) is 3.15. The Morgan fingerprint density at radius 1 is 1.00 bits per heavy atom. The first-order valence-corrected chi connectivity index (χ1v) is 9.91. The third kappa shape index (κ3) is 6.55. The van der Waals surface area contributed by atoms with Gasteiger partial charge in [-0.2, -0.15) is 0 Å². The summed E-state index contributed by atoms with van der Waals surface area (Å²) in [6.45, 7) is 4.87. The Hall–Kier alpha value is -1.51. The Morgan fingerprint density at radius 2 is 1.63 bits per heavy atom. The van der Waals surface area contributed by atoms with Crippen LogP contribution in [-0.4, -0.2) is 76.6 Å². The normalized spacial score (nSPS) is 14.9. The van der Waals surface area contributed by atoms with Crippen LogP contribution in [0.25, 0.3) is 0 Å². The van der Waals surface area contributed by atoms with E-state index in [4.69, 9.17) is 18.9 Å². The molecule has 1 saturated heterocycles. The molecule has 0 aromatic heterocycles. The molecule has 27 heavy (non-hydrogen) atoms. The molecule has 0 aliphatic carbocycles. The van der Waals surface area contributed by atoms with Crippen molar-refractivity contribution in [2.24, 2.45) is 0 Å². The first kappa shape index (κ1) is 21.8. The second kappa shape index (κ2) is 11.4. The second-order valence-corrected chi connectivity index (χ2v) is 7.23. The van der Waals surface area contributed by atoms with Crippen LogP contribution in [0.5, 0.6) is 11.5 Å². The van der Waals surface area contributed by atoms with E-state index in [0.717, 1.165) is 42.5 Å². The van der Waals surface area contributed by atoms with Gasteiger partial charge in [-0.25, -0.2) is 4.79 Å². The molecule has 0 N–H and O–H groups in total. The molecule has 1 aromatic rings. The lowest BCUT2D eigenvalue weighted by molar-refractivity contribution is 0.0717. The van der Waals surface area contributed by atoms with E-state index in [1.807, 2.05) is 12.1 Å². The fourth-order valence-corrected chi connectivity index (χ4v) is 3.39. The maximum atomic E-state index is 12.1. The summed E-state index contributed by atoms with van der Waals surface area (Å²) in [4.78, 5) is 16.2. The lowest BCUT2D eigenvalue weighted by Crippen LogP contribution is -2.48. The molecule has 1 heterocycles. The van der Waals surface area contributed by atoms with Crippen molar-refractivity contribution in [2.45, 2.75) is 19.4 Å². The lowest BCUT2D eigenvalue weighted by Gasteiger charge is -2.34. The molecule has 1 amide bonds. The van der Waals surface area contributed by atoms with Crippen LogP contribution in [-0.2, 0) is 16.0 Å². The molecule has 0 spiro atoms. The second-order valence-electron chi connectivity index (χ2n) is 6.38. The lowest BCUT2D eigenvalue weighted by atomic mass is 10.1. The Labute approximate surface area is 169 Å². The highest BCUT2D eigenvalue weighted by Gasteiger charge is 2.23. The van der Waals surface area contributed by atoms with E-state index in [-0.39, 0.29) is 6.09 Å². The van der Waals surface area contributed by atoms with Crippen molar-refractivity contribution in [2.75, 3.05) is 60.7 Å². The van der Waals surface area contributed by atoms with Gasteiger partial charge in [0.2, 0.25) is 0 Å². The number of benzene rings is 1. The number of carbonyl (C=O) groups is 1. The summed E-state index contributed by atoms with van der Waals surface area (Å²) in [5.41, 5.74) is 1.13. The Bertz CT molecular complexity index is 606. The molecule has 0 atom stereocenters. The summed E-state index contributed by atoms with van der Waals surface area (Å²) in [6, 6.07) is 3.91. The minimum absolute atomic E-state index is 0.223. The molecule has 0 unspecified atom stereocenters. The van der Waals surface area contributed by atoms with E-state index in [1.54, 1.807) is 26.2 Å². The number of halogens is 1. The highest BCUT2D eigenvalue weighted by Crippen LogP contribution is 2.34. The van der Waals surface area contributed by atoms with Crippen LogP contribution in [0.2, 0.25) is 0 Å². The summed E-state index contributed by atoms with van der Waals surface area (Å²) in [5, 5.41) is 0. The molecule has 2 rings (SSSR count). The Balaban J connectivity index is 1.80. The molecule has 0 radical (unpaired) electrons. The van der Waals surface area contributed by atoms with Crippen LogP contribution < -0.4 is 9.47 Å². The monoisotopic (exact) mass is 444 g/mol. The van der Waals surface area contributed by atoms with E-state index < -0.39 is 0 Å². The predicted molar refractivity (Wildman–Crippen MR) is 107 cm³/mol. The SMILES string of the molecule is COCCCCOC(=O)N1CCN(Cc2cc(OC)c(OC)cc2Br)CC1. The highest BCUT2D eigenvalue weighted by atomic mass is 79.9. The first-order chi connectivity index (χ1) is 13.1. The van der Waals surface area contributed by atoms with Gasteiger partial charge < -0.3 is 23.8 Å². The smallest absolute Gasteiger partial charge is 0.409 e. The van der Waals surface area contributed by atoms with Crippen molar-refractivity contribution in [1.82, 2.24) is 9.80 Å². The first-order valence-electron chi connectivity index (χ1n) is 9.12. The van der Waals surface area contributed by atoms with Gasteiger partial charge in [-0.05, 0) is 30.5 Å². The van der Waals surface area contributed by atoms with Crippen molar-refractivity contribution in [3.63, 3.8) is 0 Å². The molecule has 1 aliphatic heterocycles. The number of nitrogens with zero attached hydrogens (tertiary/aromatic N) is 2. The number of amides is 1. The van der Waals surface area contributed by atoms with Gasteiger partial charge in [-0.3, -0.25) is 4.90 Å². The summed E-state index contributed by atoms with van der Waals surface area (Å²) in [7, 11) is 4.93. The van der Waals surface area contributed by atoms with Crippen LogP contribution in [0.4, 0.5) is 4.79 Å². The highest BCUT2D eigenvalue weighted by molar-refractivity contribution is 9.10. The Kier molecular flexibility index (Phi) is 9.17. The average molecular weight is 445 g/mol. The van der Waals surface area contributed by atoms with Crippen LogP contribution in [0.15, 0.2) is 16.6 Å². The number of hydrogen-bond donors (Lipinski definition) is 0. The number of carbonyl (C=O) groups excluding carboxylic acids is 1. The fraction of sp³-hybridized carbons (Fsp3) is 0.632. The van der Waals surface area contributed by atoms with Gasteiger partial charge in [0.15, 0.2) is 11.5 Å². The number of methoxy groups -OCH3 is 3. The molecular formula is C19H29BrN2O5. The average Bonchev–Trinajstić information content (AvgIpc) is 2.69. The molecule has 152 valence electrons. The summed E-state index contributed by atoms with van der Waals surface area (Å²) < 4.78 is 22.0. The van der Waals surface area contributed by atoms with Gasteiger partial charge >= 0.3 is 6.09 Å². The maximum Gasteiger partial charge on any atom is 0.409 e. The number of ether oxygens (including phenoxy) is 4. The molecule has 0 saturated carbocycles. The fourth-order valence-electron chi connectivity index (χ4n) is 2.95. The van der Waals surface area contributed by atoms with E-state index >= 15 is 0 Å². The van der Waals surface area contributed by atoms with Crippen LogP contribution in [0, 0.1) is 0 Å². The van der Waals surface area contributed by atoms with Crippen LogP contribution in [0.3, 0.4) is 0 Å². The van der Waals surface area contributed by atoms with Crippen molar-refractivity contribution in [1.29, 1.82) is 0 Å². The summed E-state index contributed by atoms with van der Waals surface area (Å²) in [5.74, 6) is 1.41. The molecule has 1 aromatic carbocycles. The van der Waals surface area contributed by atoms with Crippen molar-refractivity contribution in [3.8, 4) is 11.5 Å². The van der Waals surface area contributed by atoms with Gasteiger partial charge in [0.05, 0.1) is 20.8 Å². The zero-order valence-corrected chi connectivity index (χ0v) is 17.9. The minimum Gasteiger partial charge on any atom is -0.493 e. The van der Waals surface area contributed by atoms with Crippen molar-refractivity contribution in [3.05, 3.63) is 22.2 Å². The Morgan fingerprint density at radius 3 is 2.26 bits per heavy atom. The zero-order valence-electron chi connectivity index (χ0n) is 16.3. The molecule has 0 bridgehead atoms.